The van der Waals surface area contributed by atoms with Gasteiger partial charge in [0.15, 0.2) is 5.13 Å². The molecule has 1 atom stereocenters. The summed E-state index contributed by atoms with van der Waals surface area (Å²) in [6, 6.07) is 3.77. The van der Waals surface area contributed by atoms with E-state index in [4.69, 9.17) is 5.73 Å². The number of aromatic nitrogens is 1. The summed E-state index contributed by atoms with van der Waals surface area (Å²) in [6.07, 6.45) is 0. The molecule has 0 amide bonds. The molecule has 0 bridgehead atoms. The van der Waals surface area contributed by atoms with Crippen LogP contribution in [0.5, 0.6) is 0 Å². The van der Waals surface area contributed by atoms with Gasteiger partial charge in [0.2, 0.25) is 0 Å². The SMILES string of the molecule is Cc1cc(CS(=O)[O-])cc(C)c1-c1csc(N)n1. The van der Waals surface area contributed by atoms with Crippen molar-refractivity contribution >= 4 is 27.5 Å². The molecule has 2 rings (SSSR count). The van der Waals surface area contributed by atoms with Gasteiger partial charge in [-0.25, -0.2) is 4.98 Å². The molecular formula is C12H13N2O2S2-. The molecule has 0 aliphatic heterocycles. The Balaban J connectivity index is 2.47. The lowest BCUT2D eigenvalue weighted by atomic mass is 9.98. The van der Waals surface area contributed by atoms with Crippen LogP contribution in [0.15, 0.2) is 17.5 Å². The second kappa shape index (κ2) is 5.17. The van der Waals surface area contributed by atoms with Crippen molar-refractivity contribution in [1.82, 2.24) is 4.98 Å². The van der Waals surface area contributed by atoms with E-state index in [1.165, 1.54) is 11.3 Å². The number of aryl methyl sites for hydroxylation is 2. The first kappa shape index (κ1) is 13.2. The average Bonchev–Trinajstić information content (AvgIpc) is 2.62. The van der Waals surface area contributed by atoms with E-state index in [-0.39, 0.29) is 5.75 Å². The van der Waals surface area contributed by atoms with Crippen molar-refractivity contribution in [2.24, 2.45) is 0 Å². The number of rotatable bonds is 3. The summed E-state index contributed by atoms with van der Waals surface area (Å²) in [6.45, 7) is 3.91. The van der Waals surface area contributed by atoms with Crippen LogP contribution >= 0.6 is 11.3 Å². The Morgan fingerprint density at radius 3 is 2.44 bits per heavy atom. The number of benzene rings is 1. The van der Waals surface area contributed by atoms with Gasteiger partial charge in [-0.15, -0.1) is 11.3 Å². The number of hydrogen-bond donors (Lipinski definition) is 1. The third kappa shape index (κ3) is 2.77. The maximum Gasteiger partial charge on any atom is 0.180 e. The van der Waals surface area contributed by atoms with E-state index in [0.29, 0.717) is 5.13 Å². The molecule has 18 heavy (non-hydrogen) atoms. The zero-order valence-corrected chi connectivity index (χ0v) is 11.7. The fourth-order valence-corrected chi connectivity index (χ4v) is 3.07. The van der Waals surface area contributed by atoms with E-state index in [1.807, 2.05) is 31.4 Å². The highest BCUT2D eigenvalue weighted by molar-refractivity contribution is 7.78. The van der Waals surface area contributed by atoms with Gasteiger partial charge >= 0.3 is 0 Å². The largest absolute Gasteiger partial charge is 0.772 e. The minimum Gasteiger partial charge on any atom is -0.772 e. The van der Waals surface area contributed by atoms with Gasteiger partial charge in [0, 0.05) is 16.7 Å². The summed E-state index contributed by atoms with van der Waals surface area (Å²) < 4.78 is 21.4. The third-order valence-corrected chi connectivity index (χ3v) is 3.90. The van der Waals surface area contributed by atoms with Crippen LogP contribution < -0.4 is 5.73 Å². The monoisotopic (exact) mass is 281 g/mol. The molecule has 1 heterocycles. The van der Waals surface area contributed by atoms with Crippen LogP contribution in [0, 0.1) is 13.8 Å². The van der Waals surface area contributed by atoms with Gasteiger partial charge in [0.1, 0.15) is 0 Å². The van der Waals surface area contributed by atoms with Crippen LogP contribution in [0.4, 0.5) is 5.13 Å². The molecule has 0 radical (unpaired) electrons. The Labute approximate surface area is 112 Å². The average molecular weight is 281 g/mol. The molecule has 0 spiro atoms. The number of hydrogen-bond acceptors (Lipinski definition) is 5. The molecular weight excluding hydrogens is 268 g/mol. The highest BCUT2D eigenvalue weighted by Gasteiger charge is 2.10. The zero-order valence-electron chi connectivity index (χ0n) is 10.1. The second-order valence-corrected chi connectivity index (χ2v) is 5.91. The number of thiazole rings is 1. The summed E-state index contributed by atoms with van der Waals surface area (Å²) >= 11 is -0.664. The van der Waals surface area contributed by atoms with E-state index >= 15 is 0 Å². The molecule has 1 aromatic carbocycles. The van der Waals surface area contributed by atoms with Crippen molar-refractivity contribution in [3.63, 3.8) is 0 Å². The molecule has 1 aromatic heterocycles. The predicted octanol–water partition coefficient (Wildman–Crippen LogP) is 2.39. The summed E-state index contributed by atoms with van der Waals surface area (Å²) in [5.41, 5.74) is 10.3. The minimum atomic E-state index is -2.06. The molecule has 0 aliphatic rings. The van der Waals surface area contributed by atoms with Gasteiger partial charge in [-0.05, 0) is 30.5 Å². The van der Waals surface area contributed by atoms with Crippen LogP contribution in [0.2, 0.25) is 0 Å². The molecule has 6 heteroatoms. The normalized spacial score (nSPS) is 12.6. The van der Waals surface area contributed by atoms with Crippen molar-refractivity contribution in [3.05, 3.63) is 34.2 Å². The highest BCUT2D eigenvalue weighted by atomic mass is 32.2. The Morgan fingerprint density at radius 2 is 2.00 bits per heavy atom. The van der Waals surface area contributed by atoms with Gasteiger partial charge < -0.3 is 10.3 Å². The molecule has 2 aromatic rings. The fraction of sp³-hybridized carbons (Fsp3) is 0.250. The minimum absolute atomic E-state index is 0.0428. The van der Waals surface area contributed by atoms with E-state index in [9.17, 15) is 8.76 Å². The first-order chi connectivity index (χ1) is 8.47. The lowest BCUT2D eigenvalue weighted by Crippen LogP contribution is -1.97. The van der Waals surface area contributed by atoms with Crippen LogP contribution in [0.1, 0.15) is 16.7 Å². The van der Waals surface area contributed by atoms with Gasteiger partial charge in [0.05, 0.1) is 5.69 Å². The summed E-state index contributed by atoms with van der Waals surface area (Å²) in [7, 11) is 0. The Morgan fingerprint density at radius 1 is 1.39 bits per heavy atom. The molecule has 0 saturated heterocycles. The van der Waals surface area contributed by atoms with Crippen LogP contribution in [-0.2, 0) is 16.8 Å². The number of nitrogens with two attached hydrogens (primary N) is 1. The van der Waals surface area contributed by atoms with Crippen molar-refractivity contribution in [2.75, 3.05) is 5.73 Å². The molecule has 0 aliphatic carbocycles. The van der Waals surface area contributed by atoms with Gasteiger partial charge in [-0.2, -0.15) is 0 Å². The molecule has 1 unspecified atom stereocenters. The summed E-state index contributed by atoms with van der Waals surface area (Å²) in [4.78, 5) is 4.27. The van der Waals surface area contributed by atoms with Gasteiger partial charge in [-0.3, -0.25) is 4.21 Å². The summed E-state index contributed by atoms with van der Waals surface area (Å²) in [5.74, 6) is 0.0428. The summed E-state index contributed by atoms with van der Waals surface area (Å²) in [5, 5.41) is 2.45. The molecule has 0 saturated carbocycles. The van der Waals surface area contributed by atoms with E-state index < -0.39 is 11.1 Å². The van der Waals surface area contributed by atoms with Crippen molar-refractivity contribution < 1.29 is 8.76 Å². The fourth-order valence-electron chi connectivity index (χ4n) is 2.08. The van der Waals surface area contributed by atoms with Crippen molar-refractivity contribution in [1.29, 1.82) is 0 Å². The smallest absolute Gasteiger partial charge is 0.180 e. The zero-order chi connectivity index (χ0) is 13.3. The maximum atomic E-state index is 10.7. The van der Waals surface area contributed by atoms with Crippen LogP contribution in [-0.4, -0.2) is 13.7 Å². The lowest BCUT2D eigenvalue weighted by molar-refractivity contribution is 0.536. The topological polar surface area (TPSA) is 79.0 Å². The van der Waals surface area contributed by atoms with Crippen molar-refractivity contribution in [3.8, 4) is 11.3 Å². The Bertz CT molecular complexity index is 585. The van der Waals surface area contributed by atoms with Crippen molar-refractivity contribution in [2.45, 2.75) is 19.6 Å². The number of nitrogen functional groups attached to an aromatic ring is 1. The molecule has 2 N–H and O–H groups in total. The van der Waals surface area contributed by atoms with Crippen LogP contribution in [0.3, 0.4) is 0 Å². The standard InChI is InChI=1S/C12H14N2O2S2/c1-7-3-9(6-18(15)16)4-8(2)11(7)10-5-17-12(13)14-10/h3-5H,6H2,1-2H3,(H2,13,14)(H,15,16)/p-1. The van der Waals surface area contributed by atoms with E-state index in [0.717, 1.165) is 27.9 Å². The predicted molar refractivity (Wildman–Crippen MR) is 74.1 cm³/mol. The Hall–Kier alpha value is -1.24. The third-order valence-electron chi connectivity index (χ3n) is 2.66. The first-order valence-corrected chi connectivity index (χ1v) is 7.47. The van der Waals surface area contributed by atoms with E-state index in [1.54, 1.807) is 0 Å². The van der Waals surface area contributed by atoms with Gasteiger partial charge in [-0.1, -0.05) is 23.2 Å². The van der Waals surface area contributed by atoms with Crippen LogP contribution in [0.25, 0.3) is 11.3 Å². The van der Waals surface area contributed by atoms with E-state index in [2.05, 4.69) is 4.98 Å². The highest BCUT2D eigenvalue weighted by Crippen LogP contribution is 2.30. The quantitative estimate of drug-likeness (QED) is 0.876. The second-order valence-electron chi connectivity index (χ2n) is 4.12. The molecule has 0 fully saturated rings. The van der Waals surface area contributed by atoms with Gasteiger partial charge in [0.25, 0.3) is 0 Å². The lowest BCUT2D eigenvalue weighted by Gasteiger charge is -2.12. The molecule has 96 valence electrons. The molecule has 4 nitrogen and oxygen atoms in total. The maximum absolute atomic E-state index is 10.7. The Kier molecular flexibility index (Phi) is 3.79. The number of anilines is 1. The first-order valence-electron chi connectivity index (χ1n) is 5.34. The number of nitrogens with zero attached hydrogens (tertiary/aromatic N) is 1.